The molecule has 1 fully saturated rings. The molecule has 4 nitrogen and oxygen atoms in total. The lowest BCUT2D eigenvalue weighted by atomic mass is 10.1. The van der Waals surface area contributed by atoms with Gasteiger partial charge >= 0.3 is 6.18 Å². The Morgan fingerprint density at radius 2 is 2.05 bits per heavy atom. The second-order valence-electron chi connectivity index (χ2n) is 5.13. The van der Waals surface area contributed by atoms with E-state index in [1.807, 2.05) is 0 Å². The molecule has 1 aliphatic rings. The third kappa shape index (κ3) is 3.20. The van der Waals surface area contributed by atoms with Crippen LogP contribution in [0.2, 0.25) is 0 Å². The Morgan fingerprint density at radius 3 is 2.50 bits per heavy atom. The van der Waals surface area contributed by atoms with Gasteiger partial charge in [0.25, 0.3) is 0 Å². The molecule has 2 rings (SSSR count). The fourth-order valence-electron chi connectivity index (χ4n) is 2.36. The summed E-state index contributed by atoms with van der Waals surface area (Å²) in [4.78, 5) is 5.49. The molecule has 0 radical (unpaired) electrons. The minimum atomic E-state index is -4.29. The summed E-state index contributed by atoms with van der Waals surface area (Å²) in [5.74, 6) is -0.252. The fraction of sp³-hybridized carbons (Fsp3) is 0.538. The number of nitrogens with one attached hydrogen (secondary N) is 1. The molecule has 0 atom stereocenters. The normalized spacial score (nSPS) is 15.2. The Bertz CT molecular complexity index is 535. The highest BCUT2D eigenvalue weighted by atomic mass is 19.4. The number of anilines is 1. The van der Waals surface area contributed by atoms with Crippen LogP contribution in [0.15, 0.2) is 6.07 Å². The molecule has 0 spiro atoms. The molecule has 7 heteroatoms. The number of pyridine rings is 1. The van der Waals surface area contributed by atoms with Crippen molar-refractivity contribution in [3.05, 3.63) is 23.0 Å². The van der Waals surface area contributed by atoms with Crippen LogP contribution in [0.4, 0.5) is 18.9 Å². The van der Waals surface area contributed by atoms with Crippen molar-refractivity contribution in [1.82, 2.24) is 4.98 Å². The van der Waals surface area contributed by atoms with Crippen LogP contribution in [0.5, 0.6) is 0 Å². The number of hydrogen-bond acceptors (Lipinski definition) is 3. The maximum Gasteiger partial charge on any atom is 0.405 e. The van der Waals surface area contributed by atoms with Gasteiger partial charge in [-0.2, -0.15) is 13.2 Å². The van der Waals surface area contributed by atoms with Crippen LogP contribution in [0.3, 0.4) is 0 Å². The van der Waals surface area contributed by atoms with Gasteiger partial charge in [-0.3, -0.25) is 10.4 Å². The van der Waals surface area contributed by atoms with E-state index >= 15 is 0 Å². The molecule has 3 N–H and O–H groups in total. The molecular weight excluding hydrogens is 269 g/mol. The molecule has 0 amide bonds. The van der Waals surface area contributed by atoms with Gasteiger partial charge in [0.2, 0.25) is 0 Å². The van der Waals surface area contributed by atoms with Crippen molar-refractivity contribution in [3.8, 4) is 0 Å². The summed E-state index contributed by atoms with van der Waals surface area (Å²) in [6.07, 6.45) is -2.83. The Kier molecular flexibility index (Phi) is 3.62. The van der Waals surface area contributed by atoms with E-state index < -0.39 is 12.7 Å². The first-order chi connectivity index (χ1) is 9.19. The van der Waals surface area contributed by atoms with Crippen molar-refractivity contribution in [3.63, 3.8) is 0 Å². The smallest absolute Gasteiger partial charge is 0.384 e. The maximum absolute atomic E-state index is 12.8. The van der Waals surface area contributed by atoms with Crippen LogP contribution in [0.25, 0.3) is 0 Å². The number of aryl methyl sites for hydroxylation is 2. The second-order valence-corrected chi connectivity index (χ2v) is 5.13. The Morgan fingerprint density at radius 1 is 1.45 bits per heavy atom. The van der Waals surface area contributed by atoms with Crippen LogP contribution in [-0.4, -0.2) is 29.6 Å². The number of alkyl halides is 3. The Labute approximate surface area is 115 Å². The topological polar surface area (TPSA) is 66.0 Å². The monoisotopic (exact) mass is 286 g/mol. The average Bonchev–Trinajstić information content (AvgIpc) is 3.06. The van der Waals surface area contributed by atoms with Gasteiger partial charge in [-0.25, -0.2) is 0 Å². The summed E-state index contributed by atoms with van der Waals surface area (Å²) in [7, 11) is 0. The van der Waals surface area contributed by atoms with Crippen LogP contribution in [0, 0.1) is 19.3 Å². The third-order valence-corrected chi connectivity index (χ3v) is 3.22. The lowest BCUT2D eigenvalue weighted by Gasteiger charge is -2.28. The van der Waals surface area contributed by atoms with E-state index in [4.69, 9.17) is 11.1 Å². The summed E-state index contributed by atoms with van der Waals surface area (Å²) in [5.41, 5.74) is 7.29. The van der Waals surface area contributed by atoms with Crippen molar-refractivity contribution >= 4 is 11.5 Å². The molecule has 110 valence electrons. The van der Waals surface area contributed by atoms with Crippen molar-refractivity contribution in [1.29, 1.82) is 5.41 Å². The number of amidine groups is 1. The summed E-state index contributed by atoms with van der Waals surface area (Å²) in [6.45, 7) is 2.35. The Balaban J connectivity index is 2.49. The molecule has 0 unspecified atom stereocenters. The first-order valence-electron chi connectivity index (χ1n) is 6.35. The second kappa shape index (κ2) is 4.96. The van der Waals surface area contributed by atoms with Gasteiger partial charge in [-0.1, -0.05) is 0 Å². The predicted molar refractivity (Wildman–Crippen MR) is 71.2 cm³/mol. The molecule has 20 heavy (non-hydrogen) atoms. The van der Waals surface area contributed by atoms with E-state index in [-0.39, 0.29) is 11.9 Å². The van der Waals surface area contributed by atoms with E-state index in [1.54, 1.807) is 19.9 Å². The number of halogens is 3. The standard InChI is InChI=1S/C13H17F3N4/c1-7-5-10(11(12(17)18)8(2)19-7)20(9-3-4-9)6-13(14,15)16/h5,9H,3-4,6H2,1-2H3,(H3,17,18). The maximum atomic E-state index is 12.8. The van der Waals surface area contributed by atoms with Gasteiger partial charge in [-0.15, -0.1) is 0 Å². The van der Waals surface area contributed by atoms with Gasteiger partial charge in [0, 0.05) is 11.7 Å². The highest BCUT2D eigenvalue weighted by Crippen LogP contribution is 2.36. The van der Waals surface area contributed by atoms with E-state index in [2.05, 4.69) is 4.98 Å². The number of aromatic nitrogens is 1. The summed E-state index contributed by atoms with van der Waals surface area (Å²) in [6, 6.07) is 1.45. The van der Waals surface area contributed by atoms with Crippen molar-refractivity contribution in [2.45, 2.75) is 38.9 Å². The first kappa shape index (κ1) is 14.6. The number of rotatable bonds is 4. The minimum absolute atomic E-state index is 0.129. The van der Waals surface area contributed by atoms with Gasteiger partial charge in [0.15, 0.2) is 0 Å². The first-order valence-corrected chi connectivity index (χ1v) is 6.35. The van der Waals surface area contributed by atoms with Crippen LogP contribution in [0.1, 0.15) is 29.8 Å². The molecule has 0 bridgehead atoms. The van der Waals surface area contributed by atoms with Crippen molar-refractivity contribution in [2.75, 3.05) is 11.4 Å². The molecular formula is C13H17F3N4. The van der Waals surface area contributed by atoms with E-state index in [0.717, 1.165) is 12.8 Å². The Hall–Kier alpha value is -1.79. The van der Waals surface area contributed by atoms with Crippen LogP contribution in [-0.2, 0) is 0 Å². The third-order valence-electron chi connectivity index (χ3n) is 3.22. The number of nitrogens with two attached hydrogens (primary N) is 1. The van der Waals surface area contributed by atoms with Crippen LogP contribution >= 0.6 is 0 Å². The fourth-order valence-corrected chi connectivity index (χ4v) is 2.36. The van der Waals surface area contributed by atoms with Gasteiger partial charge in [0.05, 0.1) is 16.9 Å². The lowest BCUT2D eigenvalue weighted by Crippen LogP contribution is -2.37. The molecule has 1 aliphatic carbocycles. The molecule has 0 aromatic carbocycles. The molecule has 1 saturated carbocycles. The van der Waals surface area contributed by atoms with Gasteiger partial charge in [0.1, 0.15) is 12.4 Å². The van der Waals surface area contributed by atoms with E-state index in [9.17, 15) is 13.2 Å². The number of nitrogen functional groups attached to an aromatic ring is 1. The molecule has 1 aromatic heterocycles. The lowest BCUT2D eigenvalue weighted by molar-refractivity contribution is -0.120. The highest BCUT2D eigenvalue weighted by molar-refractivity contribution is 6.01. The quantitative estimate of drug-likeness (QED) is 0.660. The van der Waals surface area contributed by atoms with E-state index in [0.29, 0.717) is 22.6 Å². The molecule has 0 saturated heterocycles. The highest BCUT2D eigenvalue weighted by Gasteiger charge is 2.39. The zero-order valence-corrected chi connectivity index (χ0v) is 11.4. The summed E-state index contributed by atoms with van der Waals surface area (Å²) in [5, 5.41) is 7.60. The average molecular weight is 286 g/mol. The molecule has 0 aliphatic heterocycles. The van der Waals surface area contributed by atoms with E-state index in [1.165, 1.54) is 4.90 Å². The van der Waals surface area contributed by atoms with Crippen LogP contribution < -0.4 is 10.6 Å². The minimum Gasteiger partial charge on any atom is -0.384 e. The summed E-state index contributed by atoms with van der Waals surface area (Å²) >= 11 is 0. The number of nitrogens with zero attached hydrogens (tertiary/aromatic N) is 2. The largest absolute Gasteiger partial charge is 0.405 e. The molecule has 1 aromatic rings. The predicted octanol–water partition coefficient (Wildman–Crippen LogP) is 2.51. The zero-order valence-electron chi connectivity index (χ0n) is 11.4. The van der Waals surface area contributed by atoms with Crippen molar-refractivity contribution < 1.29 is 13.2 Å². The van der Waals surface area contributed by atoms with Crippen molar-refractivity contribution in [2.24, 2.45) is 5.73 Å². The molecule has 1 heterocycles. The summed E-state index contributed by atoms with van der Waals surface area (Å²) < 4.78 is 38.3. The van der Waals surface area contributed by atoms with Gasteiger partial charge in [-0.05, 0) is 32.8 Å². The SMILES string of the molecule is Cc1cc(N(CC(F)(F)F)C2CC2)c(C(=N)N)c(C)n1. The zero-order chi connectivity index (χ0) is 15.1. The van der Waals surface area contributed by atoms with Gasteiger partial charge < -0.3 is 10.6 Å². The number of hydrogen-bond donors (Lipinski definition) is 2.